The topological polar surface area (TPSA) is 53.4 Å². The summed E-state index contributed by atoms with van der Waals surface area (Å²) < 4.78 is 0. The molecule has 23 heavy (non-hydrogen) atoms. The fourth-order valence-electron chi connectivity index (χ4n) is 3.19. The number of pyridine rings is 1. The smallest absolute Gasteiger partial charge is 0.337 e. The molecule has 0 spiro atoms. The molecule has 1 aliphatic heterocycles. The van der Waals surface area contributed by atoms with Gasteiger partial charge in [-0.1, -0.05) is 30.7 Å². The number of benzene rings is 1. The first kappa shape index (κ1) is 15.7. The van der Waals surface area contributed by atoms with E-state index in [2.05, 4.69) is 41.1 Å². The maximum Gasteiger partial charge on any atom is 0.337 e. The summed E-state index contributed by atoms with van der Waals surface area (Å²) in [5, 5.41) is 9.07. The van der Waals surface area contributed by atoms with Gasteiger partial charge in [-0.3, -0.25) is 9.88 Å². The van der Waals surface area contributed by atoms with Crippen molar-refractivity contribution in [3.63, 3.8) is 0 Å². The number of likely N-dealkylation sites (tertiary alicyclic amines) is 1. The molecule has 4 nitrogen and oxygen atoms in total. The second-order valence-electron chi connectivity index (χ2n) is 6.16. The zero-order valence-electron chi connectivity index (χ0n) is 13.4. The van der Waals surface area contributed by atoms with Crippen LogP contribution in [0.1, 0.15) is 48.1 Å². The van der Waals surface area contributed by atoms with Crippen LogP contribution in [0.25, 0.3) is 11.1 Å². The van der Waals surface area contributed by atoms with E-state index in [1.807, 2.05) is 0 Å². The van der Waals surface area contributed by atoms with Crippen LogP contribution in [0, 0.1) is 0 Å². The van der Waals surface area contributed by atoms with Gasteiger partial charge in [-0.15, -0.1) is 0 Å². The van der Waals surface area contributed by atoms with E-state index in [9.17, 15) is 4.79 Å². The minimum Gasteiger partial charge on any atom is -0.478 e. The highest BCUT2D eigenvalue weighted by molar-refractivity contribution is 5.88. The molecule has 1 aromatic carbocycles. The minimum atomic E-state index is -0.949. The van der Waals surface area contributed by atoms with Crippen molar-refractivity contribution >= 4 is 5.97 Å². The van der Waals surface area contributed by atoms with Crippen LogP contribution in [-0.2, 0) is 0 Å². The summed E-state index contributed by atoms with van der Waals surface area (Å²) in [6.07, 6.45) is 7.00. The Hall–Kier alpha value is -2.20. The molecule has 3 rings (SSSR count). The highest BCUT2D eigenvalue weighted by Crippen LogP contribution is 2.27. The van der Waals surface area contributed by atoms with E-state index in [0.717, 1.165) is 11.1 Å². The van der Waals surface area contributed by atoms with Crippen molar-refractivity contribution in [2.75, 3.05) is 13.1 Å². The van der Waals surface area contributed by atoms with Gasteiger partial charge >= 0.3 is 5.97 Å². The number of carbonyl (C=O) groups is 1. The number of hydrogen-bond donors (Lipinski definition) is 1. The summed E-state index contributed by atoms with van der Waals surface area (Å²) in [6, 6.07) is 10.5. The zero-order chi connectivity index (χ0) is 16.2. The van der Waals surface area contributed by atoms with Crippen LogP contribution in [0.3, 0.4) is 0 Å². The fourth-order valence-corrected chi connectivity index (χ4v) is 3.19. The van der Waals surface area contributed by atoms with Gasteiger partial charge in [-0.05, 0) is 50.0 Å². The first-order valence-corrected chi connectivity index (χ1v) is 8.18. The number of carboxylic acid groups (broad SMARTS) is 1. The van der Waals surface area contributed by atoms with Crippen molar-refractivity contribution in [3.8, 4) is 11.1 Å². The molecule has 0 saturated carbocycles. The molecular weight excluding hydrogens is 288 g/mol. The average molecular weight is 310 g/mol. The molecule has 0 aliphatic carbocycles. The lowest BCUT2D eigenvalue weighted by molar-refractivity contribution is 0.0696. The monoisotopic (exact) mass is 310 g/mol. The normalized spacial score (nSPS) is 16.9. The Labute approximate surface area is 136 Å². The molecule has 0 bridgehead atoms. The molecule has 1 N–H and O–H groups in total. The third-order valence-corrected chi connectivity index (χ3v) is 4.65. The van der Waals surface area contributed by atoms with E-state index in [1.165, 1.54) is 44.1 Å². The molecule has 2 aromatic rings. The molecule has 0 radical (unpaired) electrons. The van der Waals surface area contributed by atoms with Crippen molar-refractivity contribution in [2.45, 2.75) is 32.2 Å². The van der Waals surface area contributed by atoms with Crippen LogP contribution in [0.15, 0.2) is 42.7 Å². The molecule has 120 valence electrons. The maximum atomic E-state index is 11.1. The lowest BCUT2D eigenvalue weighted by Gasteiger charge is -2.32. The van der Waals surface area contributed by atoms with E-state index in [-0.39, 0.29) is 5.56 Å². The summed E-state index contributed by atoms with van der Waals surface area (Å²) >= 11 is 0. The van der Waals surface area contributed by atoms with Crippen LogP contribution >= 0.6 is 0 Å². The molecule has 4 heteroatoms. The lowest BCUT2D eigenvalue weighted by atomic mass is 9.99. The summed E-state index contributed by atoms with van der Waals surface area (Å²) in [6.45, 7) is 4.61. The van der Waals surface area contributed by atoms with Crippen molar-refractivity contribution in [2.24, 2.45) is 0 Å². The number of aromatic nitrogens is 1. The SMILES string of the molecule is C[C@H](c1ccc(-c2cncc(C(=O)O)c2)cc1)N1CCCCC1. The van der Waals surface area contributed by atoms with Gasteiger partial charge in [0.1, 0.15) is 0 Å². The van der Waals surface area contributed by atoms with Crippen LogP contribution < -0.4 is 0 Å². The van der Waals surface area contributed by atoms with Crippen molar-refractivity contribution in [1.29, 1.82) is 0 Å². The highest BCUT2D eigenvalue weighted by atomic mass is 16.4. The first-order chi connectivity index (χ1) is 11.1. The molecule has 0 unspecified atom stereocenters. The Kier molecular flexibility index (Phi) is 4.72. The van der Waals surface area contributed by atoms with Gasteiger partial charge in [0.25, 0.3) is 0 Å². The second-order valence-corrected chi connectivity index (χ2v) is 6.16. The number of aromatic carboxylic acids is 1. The molecule has 2 heterocycles. The van der Waals surface area contributed by atoms with Gasteiger partial charge in [0.05, 0.1) is 5.56 Å². The maximum absolute atomic E-state index is 11.1. The number of hydrogen-bond acceptors (Lipinski definition) is 3. The molecule has 1 saturated heterocycles. The second kappa shape index (κ2) is 6.92. The third kappa shape index (κ3) is 3.59. The highest BCUT2D eigenvalue weighted by Gasteiger charge is 2.18. The third-order valence-electron chi connectivity index (χ3n) is 4.65. The summed E-state index contributed by atoms with van der Waals surface area (Å²) in [7, 11) is 0. The molecule has 1 aromatic heterocycles. The van der Waals surface area contributed by atoms with Crippen LogP contribution in [-0.4, -0.2) is 34.0 Å². The van der Waals surface area contributed by atoms with Gasteiger partial charge in [-0.25, -0.2) is 4.79 Å². The summed E-state index contributed by atoms with van der Waals surface area (Å²) in [4.78, 5) is 17.6. The number of carboxylic acids is 1. The van der Waals surface area contributed by atoms with E-state index < -0.39 is 5.97 Å². The zero-order valence-corrected chi connectivity index (χ0v) is 13.4. The minimum absolute atomic E-state index is 0.216. The Morgan fingerprint density at radius 3 is 2.43 bits per heavy atom. The van der Waals surface area contributed by atoms with Gasteiger partial charge in [0.15, 0.2) is 0 Å². The van der Waals surface area contributed by atoms with Crippen molar-refractivity contribution in [1.82, 2.24) is 9.88 Å². The van der Waals surface area contributed by atoms with Crippen molar-refractivity contribution < 1.29 is 9.90 Å². The molecule has 1 aliphatic rings. The number of piperidine rings is 1. The van der Waals surface area contributed by atoms with Gasteiger partial charge in [-0.2, -0.15) is 0 Å². The quantitative estimate of drug-likeness (QED) is 0.927. The first-order valence-electron chi connectivity index (χ1n) is 8.18. The molecule has 0 amide bonds. The Morgan fingerprint density at radius 1 is 1.09 bits per heavy atom. The number of rotatable bonds is 4. The standard InChI is InChI=1S/C19H22N2O2/c1-14(21-9-3-2-4-10-21)15-5-7-16(8-6-15)17-11-18(19(22)23)13-20-12-17/h5-8,11-14H,2-4,9-10H2,1H3,(H,22,23)/t14-/m1/s1. The van der Waals surface area contributed by atoms with Gasteiger partial charge < -0.3 is 5.11 Å². The van der Waals surface area contributed by atoms with E-state index in [0.29, 0.717) is 6.04 Å². The van der Waals surface area contributed by atoms with Crippen LogP contribution in [0.2, 0.25) is 0 Å². The molecular formula is C19H22N2O2. The van der Waals surface area contributed by atoms with Gasteiger partial charge in [0.2, 0.25) is 0 Å². The summed E-state index contributed by atoms with van der Waals surface area (Å²) in [5.74, 6) is -0.949. The summed E-state index contributed by atoms with van der Waals surface area (Å²) in [5.41, 5.74) is 3.35. The number of nitrogens with zero attached hydrogens (tertiary/aromatic N) is 2. The molecule has 1 fully saturated rings. The largest absolute Gasteiger partial charge is 0.478 e. The average Bonchev–Trinajstić information content (AvgIpc) is 2.62. The molecule has 1 atom stereocenters. The lowest BCUT2D eigenvalue weighted by Crippen LogP contribution is -2.32. The van der Waals surface area contributed by atoms with E-state index >= 15 is 0 Å². The van der Waals surface area contributed by atoms with E-state index in [1.54, 1.807) is 12.3 Å². The Balaban J connectivity index is 1.79. The van der Waals surface area contributed by atoms with Crippen molar-refractivity contribution in [3.05, 3.63) is 53.9 Å². The van der Waals surface area contributed by atoms with E-state index in [4.69, 9.17) is 5.11 Å². The van der Waals surface area contributed by atoms with Crippen LogP contribution in [0.4, 0.5) is 0 Å². The Morgan fingerprint density at radius 2 is 1.78 bits per heavy atom. The van der Waals surface area contributed by atoms with Crippen LogP contribution in [0.5, 0.6) is 0 Å². The predicted molar refractivity (Wildman–Crippen MR) is 90.5 cm³/mol. The Bertz CT molecular complexity index is 676. The van der Waals surface area contributed by atoms with Gasteiger partial charge in [0, 0.05) is 24.0 Å². The predicted octanol–water partition coefficient (Wildman–Crippen LogP) is 3.99. The fraction of sp³-hybridized carbons (Fsp3) is 0.368.